The van der Waals surface area contributed by atoms with Crippen LogP contribution in [0.2, 0.25) is 0 Å². The van der Waals surface area contributed by atoms with Gasteiger partial charge in [0.05, 0.1) is 18.2 Å². The molecule has 2 aromatic rings. The Bertz CT molecular complexity index is 822. The van der Waals surface area contributed by atoms with E-state index in [0.29, 0.717) is 12.2 Å². The molecule has 3 heteroatoms. The van der Waals surface area contributed by atoms with Crippen molar-refractivity contribution in [1.29, 1.82) is 0 Å². The largest absolute Gasteiger partial charge is 0.462 e. The monoisotopic (exact) mass is 347 g/mol. The van der Waals surface area contributed by atoms with Crippen molar-refractivity contribution in [2.45, 2.75) is 33.2 Å². The van der Waals surface area contributed by atoms with Crippen LogP contribution in [0, 0.1) is 0 Å². The van der Waals surface area contributed by atoms with Gasteiger partial charge in [0.1, 0.15) is 0 Å². The zero-order chi connectivity index (χ0) is 18.5. The van der Waals surface area contributed by atoms with Gasteiger partial charge in [-0.25, -0.2) is 4.79 Å². The lowest BCUT2D eigenvalue weighted by Crippen LogP contribution is -2.37. The van der Waals surface area contributed by atoms with Gasteiger partial charge < -0.3 is 9.64 Å². The van der Waals surface area contributed by atoms with E-state index in [1.165, 1.54) is 0 Å². The molecule has 0 aromatic heterocycles. The number of ether oxygens (including phenoxy) is 1. The molecule has 0 spiro atoms. The van der Waals surface area contributed by atoms with E-state index in [1.54, 1.807) is 0 Å². The van der Waals surface area contributed by atoms with Gasteiger partial charge in [0.2, 0.25) is 0 Å². The van der Waals surface area contributed by atoms with Crippen molar-refractivity contribution in [3.05, 3.63) is 83.6 Å². The first-order chi connectivity index (χ1) is 12.7. The van der Waals surface area contributed by atoms with Gasteiger partial charge in [0.15, 0.2) is 0 Å². The lowest BCUT2D eigenvalue weighted by molar-refractivity contribution is -0.138. The molecular formula is C23H25NO2. The first kappa shape index (κ1) is 18.0. The summed E-state index contributed by atoms with van der Waals surface area (Å²) in [6.45, 7) is 6.38. The molecule has 3 nitrogen and oxygen atoms in total. The van der Waals surface area contributed by atoms with Gasteiger partial charge in [0, 0.05) is 11.4 Å². The molecule has 1 heterocycles. The SMILES string of the molecule is CCOC(=O)C1=C(C)N(c2ccccc2)C(CC)C=C1c1ccccc1. The molecule has 26 heavy (non-hydrogen) atoms. The van der Waals surface area contributed by atoms with Crippen LogP contribution in [0.4, 0.5) is 5.69 Å². The van der Waals surface area contributed by atoms with E-state index < -0.39 is 0 Å². The number of anilines is 1. The van der Waals surface area contributed by atoms with Crippen LogP contribution in [-0.2, 0) is 9.53 Å². The number of esters is 1. The Kier molecular flexibility index (Phi) is 5.57. The van der Waals surface area contributed by atoms with Crippen molar-refractivity contribution >= 4 is 17.2 Å². The van der Waals surface area contributed by atoms with Crippen molar-refractivity contribution in [3.8, 4) is 0 Å². The molecule has 3 rings (SSSR count). The second kappa shape index (κ2) is 8.05. The number of hydrogen-bond acceptors (Lipinski definition) is 3. The predicted octanol–water partition coefficient (Wildman–Crippen LogP) is 5.21. The van der Waals surface area contributed by atoms with Gasteiger partial charge in [-0.2, -0.15) is 0 Å². The zero-order valence-electron chi connectivity index (χ0n) is 15.6. The van der Waals surface area contributed by atoms with E-state index in [1.807, 2.05) is 62.4 Å². The third kappa shape index (κ3) is 3.43. The van der Waals surface area contributed by atoms with Crippen LogP contribution in [-0.4, -0.2) is 18.6 Å². The average molecular weight is 347 g/mol. The highest BCUT2D eigenvalue weighted by atomic mass is 16.5. The number of hydrogen-bond donors (Lipinski definition) is 0. The Morgan fingerprint density at radius 2 is 1.62 bits per heavy atom. The predicted molar refractivity (Wildman–Crippen MR) is 107 cm³/mol. The fourth-order valence-corrected chi connectivity index (χ4v) is 3.51. The summed E-state index contributed by atoms with van der Waals surface area (Å²) in [5.41, 5.74) is 4.66. The highest BCUT2D eigenvalue weighted by Crippen LogP contribution is 2.37. The molecule has 0 saturated heterocycles. The number of para-hydroxylation sites is 1. The third-order valence-corrected chi connectivity index (χ3v) is 4.70. The molecule has 0 fully saturated rings. The number of carbonyl (C=O) groups excluding carboxylic acids is 1. The van der Waals surface area contributed by atoms with Gasteiger partial charge >= 0.3 is 5.97 Å². The van der Waals surface area contributed by atoms with E-state index in [-0.39, 0.29) is 12.0 Å². The molecule has 0 aliphatic carbocycles. The van der Waals surface area contributed by atoms with Gasteiger partial charge in [-0.1, -0.05) is 61.5 Å². The second-order valence-electron chi connectivity index (χ2n) is 6.31. The Morgan fingerprint density at radius 1 is 1.00 bits per heavy atom. The standard InChI is InChI=1S/C23H25NO2/c1-4-19-16-21(18-12-8-6-9-13-18)22(23(25)26-5-2)17(3)24(19)20-14-10-7-11-15-20/h6-16,19H,4-5H2,1-3H3. The van der Waals surface area contributed by atoms with E-state index in [4.69, 9.17) is 4.74 Å². The topological polar surface area (TPSA) is 29.5 Å². The van der Waals surface area contributed by atoms with Crippen LogP contribution in [0.3, 0.4) is 0 Å². The molecule has 1 atom stereocenters. The van der Waals surface area contributed by atoms with E-state index >= 15 is 0 Å². The van der Waals surface area contributed by atoms with Crippen LogP contribution in [0.5, 0.6) is 0 Å². The average Bonchev–Trinajstić information content (AvgIpc) is 2.68. The van der Waals surface area contributed by atoms with Crippen LogP contribution in [0.1, 0.15) is 32.8 Å². The Hall–Kier alpha value is -2.81. The maximum atomic E-state index is 12.8. The van der Waals surface area contributed by atoms with E-state index in [9.17, 15) is 4.79 Å². The maximum absolute atomic E-state index is 12.8. The van der Waals surface area contributed by atoms with E-state index in [0.717, 1.165) is 28.9 Å². The summed E-state index contributed by atoms with van der Waals surface area (Å²) >= 11 is 0. The summed E-state index contributed by atoms with van der Waals surface area (Å²) in [4.78, 5) is 15.1. The number of carbonyl (C=O) groups is 1. The van der Waals surface area contributed by atoms with E-state index in [2.05, 4.69) is 30.0 Å². The molecule has 0 radical (unpaired) electrons. The molecule has 0 bridgehead atoms. The van der Waals surface area contributed by atoms with Crippen molar-refractivity contribution in [2.75, 3.05) is 11.5 Å². The van der Waals surface area contributed by atoms with Gasteiger partial charge in [-0.3, -0.25) is 0 Å². The summed E-state index contributed by atoms with van der Waals surface area (Å²) < 4.78 is 5.39. The highest BCUT2D eigenvalue weighted by molar-refractivity contribution is 6.08. The highest BCUT2D eigenvalue weighted by Gasteiger charge is 2.31. The first-order valence-corrected chi connectivity index (χ1v) is 9.17. The molecule has 1 aliphatic heterocycles. The van der Waals surface area contributed by atoms with Gasteiger partial charge in [-0.05, 0) is 43.5 Å². The van der Waals surface area contributed by atoms with Crippen molar-refractivity contribution in [3.63, 3.8) is 0 Å². The number of benzene rings is 2. The Morgan fingerprint density at radius 3 is 2.19 bits per heavy atom. The first-order valence-electron chi connectivity index (χ1n) is 9.17. The minimum Gasteiger partial charge on any atom is -0.462 e. The zero-order valence-corrected chi connectivity index (χ0v) is 15.6. The fraction of sp³-hybridized carbons (Fsp3) is 0.261. The molecule has 0 N–H and O–H groups in total. The summed E-state index contributed by atoms with van der Waals surface area (Å²) in [5, 5.41) is 0. The summed E-state index contributed by atoms with van der Waals surface area (Å²) in [7, 11) is 0. The second-order valence-corrected chi connectivity index (χ2v) is 6.31. The molecule has 0 saturated carbocycles. The summed E-state index contributed by atoms with van der Waals surface area (Å²) in [6, 6.07) is 20.5. The number of nitrogens with zero attached hydrogens (tertiary/aromatic N) is 1. The Labute approximate surface area is 155 Å². The number of rotatable bonds is 5. The Balaban J connectivity index is 2.16. The minimum atomic E-state index is -0.268. The minimum absolute atomic E-state index is 0.186. The van der Waals surface area contributed by atoms with Gasteiger partial charge in [-0.15, -0.1) is 0 Å². The third-order valence-electron chi connectivity index (χ3n) is 4.70. The molecule has 1 aliphatic rings. The van der Waals surface area contributed by atoms with Crippen molar-refractivity contribution in [1.82, 2.24) is 0 Å². The van der Waals surface area contributed by atoms with Crippen LogP contribution in [0.25, 0.3) is 5.57 Å². The lowest BCUT2D eigenvalue weighted by Gasteiger charge is -2.37. The normalized spacial score (nSPS) is 17.1. The smallest absolute Gasteiger partial charge is 0.340 e. The van der Waals surface area contributed by atoms with Crippen LogP contribution in [0.15, 0.2) is 78.0 Å². The lowest BCUT2D eigenvalue weighted by atomic mass is 9.89. The maximum Gasteiger partial charge on any atom is 0.340 e. The number of allylic oxidation sites excluding steroid dienone is 1. The molecule has 2 aromatic carbocycles. The molecule has 0 amide bonds. The molecule has 1 unspecified atom stereocenters. The summed E-state index contributed by atoms with van der Waals surface area (Å²) in [6.07, 6.45) is 3.14. The summed E-state index contributed by atoms with van der Waals surface area (Å²) in [5.74, 6) is -0.268. The van der Waals surface area contributed by atoms with Crippen LogP contribution < -0.4 is 4.90 Å². The van der Waals surface area contributed by atoms with Crippen molar-refractivity contribution in [2.24, 2.45) is 0 Å². The van der Waals surface area contributed by atoms with Gasteiger partial charge in [0.25, 0.3) is 0 Å². The molecular weight excluding hydrogens is 322 g/mol. The van der Waals surface area contributed by atoms with Crippen molar-refractivity contribution < 1.29 is 9.53 Å². The quantitative estimate of drug-likeness (QED) is 0.696. The fourth-order valence-electron chi connectivity index (χ4n) is 3.51. The van der Waals surface area contributed by atoms with Crippen LogP contribution >= 0.6 is 0 Å². The molecule has 134 valence electrons.